The Morgan fingerprint density at radius 1 is 1.41 bits per heavy atom. The average molecular weight is 326 g/mol. The molecule has 0 aliphatic rings. The van der Waals surface area contributed by atoms with E-state index in [1.54, 1.807) is 20.8 Å². The summed E-state index contributed by atoms with van der Waals surface area (Å²) in [6.07, 6.45) is 0. The van der Waals surface area contributed by atoms with E-state index < -0.39 is 10.2 Å². The maximum atomic E-state index is 11.8. The summed E-state index contributed by atoms with van der Waals surface area (Å²) in [5, 5.41) is 3.76. The Hall–Kier alpha value is -0.440. The van der Waals surface area contributed by atoms with Gasteiger partial charge in [0.2, 0.25) is 0 Å². The molecule has 0 aliphatic heterocycles. The smallest absolute Gasteiger partial charge is 0.279 e. The van der Waals surface area contributed by atoms with Crippen LogP contribution in [0.15, 0.2) is 9.00 Å². The number of nitrogens with one attached hydrogen (secondary N) is 1. The van der Waals surface area contributed by atoms with E-state index in [0.717, 1.165) is 0 Å². The minimum Gasteiger partial charge on any atom is -0.360 e. The van der Waals surface area contributed by atoms with Gasteiger partial charge in [-0.25, -0.2) is 0 Å². The van der Waals surface area contributed by atoms with Gasteiger partial charge in [0.25, 0.3) is 10.2 Å². The van der Waals surface area contributed by atoms with Crippen molar-refractivity contribution in [3.05, 3.63) is 15.9 Å². The molecule has 17 heavy (non-hydrogen) atoms. The lowest BCUT2D eigenvalue weighted by Gasteiger charge is -2.18. The van der Waals surface area contributed by atoms with Gasteiger partial charge in [-0.2, -0.15) is 17.4 Å². The molecule has 8 heteroatoms. The molecule has 0 aromatic carbocycles. The van der Waals surface area contributed by atoms with Gasteiger partial charge in [0.05, 0.1) is 11.0 Å². The van der Waals surface area contributed by atoms with Gasteiger partial charge in [-0.15, -0.1) is 0 Å². The van der Waals surface area contributed by atoms with Crippen LogP contribution in [0.5, 0.6) is 0 Å². The standard InChI is InChI=1S/C9H16BrN3O3S/c1-4-13(5-2)17(14,15)11-6-8-9(10)7(3)16-12-8/h11H,4-6H2,1-3H3. The largest absolute Gasteiger partial charge is 0.360 e. The van der Waals surface area contributed by atoms with Crippen LogP contribution in [-0.2, 0) is 16.8 Å². The lowest BCUT2D eigenvalue weighted by Crippen LogP contribution is -2.40. The Morgan fingerprint density at radius 3 is 2.41 bits per heavy atom. The fourth-order valence-corrected chi connectivity index (χ4v) is 2.80. The van der Waals surface area contributed by atoms with Crippen molar-refractivity contribution in [3.63, 3.8) is 0 Å². The lowest BCUT2D eigenvalue weighted by atomic mass is 10.4. The van der Waals surface area contributed by atoms with Gasteiger partial charge >= 0.3 is 0 Å². The highest BCUT2D eigenvalue weighted by Crippen LogP contribution is 2.20. The van der Waals surface area contributed by atoms with E-state index in [2.05, 4.69) is 25.8 Å². The summed E-state index contributed by atoms with van der Waals surface area (Å²) in [6.45, 7) is 6.31. The number of aromatic nitrogens is 1. The SMILES string of the molecule is CCN(CC)S(=O)(=O)NCc1noc(C)c1Br. The van der Waals surface area contributed by atoms with Crippen molar-refractivity contribution in [1.82, 2.24) is 14.2 Å². The summed E-state index contributed by atoms with van der Waals surface area (Å²) in [7, 11) is -3.45. The van der Waals surface area contributed by atoms with Crippen LogP contribution in [0.4, 0.5) is 0 Å². The zero-order valence-corrected chi connectivity index (χ0v) is 12.4. The zero-order valence-electron chi connectivity index (χ0n) is 10.0. The van der Waals surface area contributed by atoms with Crippen molar-refractivity contribution in [2.75, 3.05) is 13.1 Å². The maximum Gasteiger partial charge on any atom is 0.279 e. The fraction of sp³-hybridized carbons (Fsp3) is 0.667. The molecule has 1 N–H and O–H groups in total. The Kier molecular flexibility index (Phi) is 5.11. The van der Waals surface area contributed by atoms with Crippen LogP contribution in [0.25, 0.3) is 0 Å². The second-order valence-electron chi connectivity index (χ2n) is 3.41. The van der Waals surface area contributed by atoms with Crippen molar-refractivity contribution in [1.29, 1.82) is 0 Å². The van der Waals surface area contributed by atoms with Crippen molar-refractivity contribution < 1.29 is 12.9 Å². The van der Waals surface area contributed by atoms with E-state index in [9.17, 15) is 8.42 Å². The van der Waals surface area contributed by atoms with Crippen molar-refractivity contribution in [3.8, 4) is 0 Å². The normalized spacial score (nSPS) is 12.3. The molecule has 1 heterocycles. The van der Waals surface area contributed by atoms with Crippen LogP contribution in [0.3, 0.4) is 0 Å². The highest BCUT2D eigenvalue weighted by molar-refractivity contribution is 9.10. The average Bonchev–Trinajstić information content (AvgIpc) is 2.58. The molecule has 1 aromatic rings. The van der Waals surface area contributed by atoms with E-state index in [1.807, 2.05) is 0 Å². The van der Waals surface area contributed by atoms with E-state index in [-0.39, 0.29) is 6.54 Å². The third-order valence-corrected chi connectivity index (χ3v) is 5.04. The molecule has 0 amide bonds. The van der Waals surface area contributed by atoms with Gasteiger partial charge < -0.3 is 4.52 Å². The number of halogens is 1. The molecular weight excluding hydrogens is 310 g/mol. The first-order chi connectivity index (χ1) is 7.92. The van der Waals surface area contributed by atoms with Crippen LogP contribution in [-0.4, -0.2) is 31.0 Å². The summed E-state index contributed by atoms with van der Waals surface area (Å²) >= 11 is 3.28. The molecule has 1 rings (SSSR count). The van der Waals surface area contributed by atoms with Crippen molar-refractivity contribution in [2.24, 2.45) is 0 Å². The van der Waals surface area contributed by atoms with Crippen LogP contribution in [0, 0.1) is 6.92 Å². The van der Waals surface area contributed by atoms with Crippen LogP contribution < -0.4 is 4.72 Å². The van der Waals surface area contributed by atoms with Crippen LogP contribution in [0.1, 0.15) is 25.3 Å². The molecule has 0 spiro atoms. The Morgan fingerprint density at radius 2 is 2.00 bits per heavy atom. The number of nitrogens with zero attached hydrogens (tertiary/aromatic N) is 2. The molecule has 6 nitrogen and oxygen atoms in total. The topological polar surface area (TPSA) is 75.4 Å². The molecular formula is C9H16BrN3O3S. The molecule has 0 radical (unpaired) electrons. The Labute approximate surface area is 110 Å². The molecule has 0 saturated carbocycles. The van der Waals surface area contributed by atoms with Gasteiger partial charge in [0.15, 0.2) is 0 Å². The second-order valence-corrected chi connectivity index (χ2v) is 5.96. The molecule has 0 aliphatic carbocycles. The van der Waals surface area contributed by atoms with E-state index in [4.69, 9.17) is 4.52 Å². The van der Waals surface area contributed by atoms with Gasteiger partial charge in [-0.1, -0.05) is 19.0 Å². The monoisotopic (exact) mass is 325 g/mol. The summed E-state index contributed by atoms with van der Waals surface area (Å²) in [5.74, 6) is 0.627. The third-order valence-electron chi connectivity index (χ3n) is 2.32. The summed E-state index contributed by atoms with van der Waals surface area (Å²) in [5.41, 5.74) is 0.540. The number of rotatable bonds is 6. The zero-order chi connectivity index (χ0) is 13.1. The molecule has 0 unspecified atom stereocenters. The minimum absolute atomic E-state index is 0.108. The first kappa shape index (κ1) is 14.6. The molecule has 0 bridgehead atoms. The maximum absolute atomic E-state index is 11.8. The van der Waals surface area contributed by atoms with Gasteiger partial charge in [-0.3, -0.25) is 0 Å². The van der Waals surface area contributed by atoms with Crippen LogP contribution in [0.2, 0.25) is 0 Å². The number of hydrogen-bond donors (Lipinski definition) is 1. The van der Waals surface area contributed by atoms with E-state index >= 15 is 0 Å². The predicted molar refractivity (Wildman–Crippen MR) is 67.6 cm³/mol. The molecule has 0 saturated heterocycles. The fourth-order valence-electron chi connectivity index (χ4n) is 1.33. The quantitative estimate of drug-likeness (QED) is 0.858. The molecule has 1 aromatic heterocycles. The number of aryl methyl sites for hydroxylation is 1. The van der Waals surface area contributed by atoms with Crippen molar-refractivity contribution >= 4 is 26.1 Å². The lowest BCUT2D eigenvalue weighted by molar-refractivity contribution is 0.388. The predicted octanol–water partition coefficient (Wildman–Crippen LogP) is 1.42. The molecule has 98 valence electrons. The summed E-state index contributed by atoms with van der Waals surface area (Å²) in [6, 6.07) is 0. The Bertz CT molecular complexity index is 468. The van der Waals surface area contributed by atoms with E-state index in [1.165, 1.54) is 4.31 Å². The first-order valence-electron chi connectivity index (χ1n) is 5.27. The van der Waals surface area contributed by atoms with Gasteiger partial charge in [0.1, 0.15) is 11.5 Å². The highest BCUT2D eigenvalue weighted by atomic mass is 79.9. The number of hydrogen-bond acceptors (Lipinski definition) is 4. The first-order valence-corrected chi connectivity index (χ1v) is 7.51. The van der Waals surface area contributed by atoms with Crippen LogP contribution >= 0.6 is 15.9 Å². The van der Waals surface area contributed by atoms with Gasteiger partial charge in [-0.05, 0) is 22.9 Å². The summed E-state index contributed by atoms with van der Waals surface area (Å²) < 4.78 is 33.1. The molecule has 0 atom stereocenters. The minimum atomic E-state index is -3.45. The third kappa shape index (κ3) is 3.51. The Balaban J connectivity index is 2.71. The highest BCUT2D eigenvalue weighted by Gasteiger charge is 2.19. The van der Waals surface area contributed by atoms with E-state index in [0.29, 0.717) is 29.0 Å². The second kappa shape index (κ2) is 5.94. The summed E-state index contributed by atoms with van der Waals surface area (Å²) in [4.78, 5) is 0. The van der Waals surface area contributed by atoms with Crippen molar-refractivity contribution in [2.45, 2.75) is 27.3 Å². The molecule has 0 fully saturated rings. The van der Waals surface area contributed by atoms with Gasteiger partial charge in [0, 0.05) is 13.1 Å².